The van der Waals surface area contributed by atoms with E-state index in [4.69, 9.17) is 0 Å². The van der Waals surface area contributed by atoms with E-state index in [9.17, 15) is 19.3 Å². The highest BCUT2D eigenvalue weighted by atomic mass is 19.1. The summed E-state index contributed by atoms with van der Waals surface area (Å²) in [5.74, 6) is -0.800. The number of halogens is 1. The van der Waals surface area contributed by atoms with E-state index in [0.29, 0.717) is 0 Å². The summed E-state index contributed by atoms with van der Waals surface area (Å²) in [6.45, 7) is -0.201. The number of carbonyl (C=O) groups excluding carboxylic acids is 1. The van der Waals surface area contributed by atoms with Crippen molar-refractivity contribution in [2.24, 2.45) is 0 Å². The van der Waals surface area contributed by atoms with Gasteiger partial charge in [-0.15, -0.1) is 0 Å². The Bertz CT molecular complexity index is 610. The molecule has 0 aromatic carbocycles. The van der Waals surface area contributed by atoms with Crippen LogP contribution in [0.4, 0.5) is 15.9 Å². The number of nitro groups is 1. The SMILES string of the molecule is O=C(Cn1cc([N+](=O)[O-])cn1)Nc1ccc(F)cn1. The molecule has 1 N–H and O–H groups in total. The monoisotopic (exact) mass is 265 g/mol. The van der Waals surface area contributed by atoms with Crippen molar-refractivity contribution in [1.82, 2.24) is 14.8 Å². The van der Waals surface area contributed by atoms with E-state index in [1.807, 2.05) is 0 Å². The van der Waals surface area contributed by atoms with Crippen LogP contribution in [0.5, 0.6) is 0 Å². The first kappa shape index (κ1) is 12.6. The molecule has 19 heavy (non-hydrogen) atoms. The van der Waals surface area contributed by atoms with Gasteiger partial charge in [0.15, 0.2) is 0 Å². The fourth-order valence-electron chi connectivity index (χ4n) is 1.31. The van der Waals surface area contributed by atoms with Gasteiger partial charge in [-0.3, -0.25) is 19.6 Å². The molecule has 1 amide bonds. The average molecular weight is 265 g/mol. The van der Waals surface area contributed by atoms with Gasteiger partial charge < -0.3 is 5.32 Å². The Kier molecular flexibility index (Phi) is 3.46. The van der Waals surface area contributed by atoms with Gasteiger partial charge in [0.05, 0.1) is 11.1 Å². The number of aromatic nitrogens is 3. The summed E-state index contributed by atoms with van der Waals surface area (Å²) in [7, 11) is 0. The Morgan fingerprint density at radius 2 is 2.26 bits per heavy atom. The topological polar surface area (TPSA) is 103 Å². The lowest BCUT2D eigenvalue weighted by atomic mass is 10.4. The fraction of sp³-hybridized carbons (Fsp3) is 0.100. The van der Waals surface area contributed by atoms with Gasteiger partial charge in [-0.05, 0) is 12.1 Å². The van der Waals surface area contributed by atoms with E-state index in [1.165, 1.54) is 6.07 Å². The van der Waals surface area contributed by atoms with Crippen LogP contribution in [0.1, 0.15) is 0 Å². The molecular formula is C10H8FN5O3. The molecule has 0 saturated heterocycles. The molecule has 2 aromatic heterocycles. The molecular weight excluding hydrogens is 257 g/mol. The molecule has 0 radical (unpaired) electrons. The Balaban J connectivity index is 1.97. The number of amides is 1. The molecule has 9 heteroatoms. The lowest BCUT2D eigenvalue weighted by molar-refractivity contribution is -0.385. The second-order valence-corrected chi connectivity index (χ2v) is 3.56. The van der Waals surface area contributed by atoms with Gasteiger partial charge in [-0.25, -0.2) is 9.37 Å². The second-order valence-electron chi connectivity index (χ2n) is 3.56. The van der Waals surface area contributed by atoms with Gasteiger partial charge in [0.1, 0.15) is 30.6 Å². The van der Waals surface area contributed by atoms with Crippen molar-refractivity contribution in [2.75, 3.05) is 5.32 Å². The number of rotatable bonds is 4. The van der Waals surface area contributed by atoms with Crippen LogP contribution >= 0.6 is 0 Å². The number of hydrogen-bond acceptors (Lipinski definition) is 5. The third-order valence-electron chi connectivity index (χ3n) is 2.13. The summed E-state index contributed by atoms with van der Waals surface area (Å²) in [4.78, 5) is 25.0. The third kappa shape index (κ3) is 3.31. The van der Waals surface area contributed by atoms with Gasteiger partial charge in [-0.2, -0.15) is 5.10 Å². The van der Waals surface area contributed by atoms with Crippen molar-refractivity contribution in [1.29, 1.82) is 0 Å². The van der Waals surface area contributed by atoms with Crippen LogP contribution in [0, 0.1) is 15.9 Å². The summed E-state index contributed by atoms with van der Waals surface area (Å²) in [5, 5.41) is 16.5. The Hall–Kier alpha value is -2.84. The van der Waals surface area contributed by atoms with E-state index in [-0.39, 0.29) is 18.1 Å². The molecule has 2 heterocycles. The predicted molar refractivity (Wildman–Crippen MR) is 61.7 cm³/mol. The molecule has 0 aliphatic carbocycles. The number of hydrogen-bond donors (Lipinski definition) is 1. The van der Waals surface area contributed by atoms with Gasteiger partial charge >= 0.3 is 5.69 Å². The van der Waals surface area contributed by atoms with Gasteiger partial charge in [0.25, 0.3) is 0 Å². The van der Waals surface area contributed by atoms with E-state index in [2.05, 4.69) is 15.4 Å². The van der Waals surface area contributed by atoms with Gasteiger partial charge in [-0.1, -0.05) is 0 Å². The Morgan fingerprint density at radius 1 is 1.47 bits per heavy atom. The van der Waals surface area contributed by atoms with E-state index in [1.54, 1.807) is 0 Å². The minimum absolute atomic E-state index is 0.188. The van der Waals surface area contributed by atoms with Crippen molar-refractivity contribution >= 4 is 17.4 Å². The van der Waals surface area contributed by atoms with E-state index < -0.39 is 16.6 Å². The minimum Gasteiger partial charge on any atom is -0.309 e. The Morgan fingerprint density at radius 3 is 2.84 bits per heavy atom. The predicted octanol–water partition coefficient (Wildman–Crippen LogP) is 0.964. The summed E-state index contributed by atoms with van der Waals surface area (Å²) >= 11 is 0. The van der Waals surface area contributed by atoms with Crippen LogP contribution in [0.2, 0.25) is 0 Å². The average Bonchev–Trinajstić information content (AvgIpc) is 2.80. The van der Waals surface area contributed by atoms with E-state index >= 15 is 0 Å². The van der Waals surface area contributed by atoms with Gasteiger partial charge in [0.2, 0.25) is 5.91 Å². The van der Waals surface area contributed by atoms with E-state index in [0.717, 1.165) is 29.3 Å². The highest BCUT2D eigenvalue weighted by Crippen LogP contribution is 2.08. The minimum atomic E-state index is -0.608. The molecule has 0 fully saturated rings. The maximum Gasteiger partial charge on any atom is 0.307 e. The van der Waals surface area contributed by atoms with Crippen LogP contribution in [0.15, 0.2) is 30.7 Å². The smallest absolute Gasteiger partial charge is 0.307 e. The molecule has 98 valence electrons. The van der Waals surface area contributed by atoms with Crippen molar-refractivity contribution in [3.63, 3.8) is 0 Å². The highest BCUT2D eigenvalue weighted by Gasteiger charge is 2.11. The highest BCUT2D eigenvalue weighted by molar-refractivity contribution is 5.89. The second kappa shape index (κ2) is 5.21. The molecule has 0 spiro atoms. The zero-order valence-electron chi connectivity index (χ0n) is 9.49. The van der Waals surface area contributed by atoms with Crippen molar-refractivity contribution in [3.05, 3.63) is 46.7 Å². The molecule has 0 unspecified atom stereocenters. The molecule has 0 aliphatic heterocycles. The third-order valence-corrected chi connectivity index (χ3v) is 2.13. The zero-order chi connectivity index (χ0) is 13.8. The maximum atomic E-state index is 12.6. The number of nitrogens with one attached hydrogen (secondary N) is 1. The zero-order valence-corrected chi connectivity index (χ0v) is 9.49. The quantitative estimate of drug-likeness (QED) is 0.655. The summed E-state index contributed by atoms with van der Waals surface area (Å²) in [5.41, 5.74) is -0.201. The molecule has 0 atom stereocenters. The van der Waals surface area contributed by atoms with Crippen LogP contribution in [-0.4, -0.2) is 25.6 Å². The normalized spacial score (nSPS) is 10.2. The lowest BCUT2D eigenvalue weighted by Crippen LogP contribution is -2.19. The van der Waals surface area contributed by atoms with Crippen molar-refractivity contribution in [3.8, 4) is 0 Å². The maximum absolute atomic E-state index is 12.6. The molecule has 8 nitrogen and oxygen atoms in total. The molecule has 2 aromatic rings. The van der Waals surface area contributed by atoms with Crippen molar-refractivity contribution in [2.45, 2.75) is 6.54 Å². The summed E-state index contributed by atoms with van der Waals surface area (Å²) < 4.78 is 13.7. The number of anilines is 1. The van der Waals surface area contributed by atoms with Crippen LogP contribution < -0.4 is 5.32 Å². The lowest BCUT2D eigenvalue weighted by Gasteiger charge is -2.03. The first-order valence-corrected chi connectivity index (χ1v) is 5.13. The van der Waals surface area contributed by atoms with Crippen LogP contribution in [0.3, 0.4) is 0 Å². The largest absolute Gasteiger partial charge is 0.309 e. The number of carbonyl (C=O) groups is 1. The fourth-order valence-corrected chi connectivity index (χ4v) is 1.31. The number of nitrogens with zero attached hydrogens (tertiary/aromatic N) is 4. The summed E-state index contributed by atoms with van der Waals surface area (Å²) in [6.07, 6.45) is 3.15. The Labute approximate surface area is 106 Å². The molecule has 0 bridgehead atoms. The molecule has 0 saturated carbocycles. The van der Waals surface area contributed by atoms with Crippen LogP contribution in [-0.2, 0) is 11.3 Å². The van der Waals surface area contributed by atoms with Gasteiger partial charge in [0, 0.05) is 0 Å². The standard InChI is InChI=1S/C10H8FN5O3/c11-7-1-2-9(12-3-7)14-10(17)6-15-5-8(4-13-15)16(18)19/h1-5H,6H2,(H,12,14,17). The summed E-state index contributed by atoms with van der Waals surface area (Å²) in [6, 6.07) is 2.46. The van der Waals surface area contributed by atoms with Crippen LogP contribution in [0.25, 0.3) is 0 Å². The molecule has 2 rings (SSSR count). The number of pyridine rings is 1. The first-order chi connectivity index (χ1) is 9.04. The van der Waals surface area contributed by atoms with Crippen molar-refractivity contribution < 1.29 is 14.1 Å². The first-order valence-electron chi connectivity index (χ1n) is 5.13. The molecule has 0 aliphatic rings.